The van der Waals surface area contributed by atoms with Crippen LogP contribution in [0.3, 0.4) is 0 Å². The predicted molar refractivity (Wildman–Crippen MR) is 75.0 cm³/mol. The Morgan fingerprint density at radius 1 is 1.06 bits per heavy atom. The molecule has 0 saturated heterocycles. The molecule has 0 bridgehead atoms. The van der Waals surface area contributed by atoms with E-state index in [0.29, 0.717) is 6.42 Å². The molecule has 0 aliphatic carbocycles. The minimum Gasteiger partial charge on any atom is -0.353 e. The Kier molecular flexibility index (Phi) is 14.0. The zero-order chi connectivity index (χ0) is 13.5. The molecule has 4 heteroatoms. The van der Waals surface area contributed by atoms with Crippen LogP contribution >= 0.6 is 0 Å². The Morgan fingerprint density at radius 3 is 2.39 bits per heavy atom. The highest BCUT2D eigenvalue weighted by molar-refractivity contribution is 5.75. The van der Waals surface area contributed by atoms with E-state index in [4.69, 9.17) is 0 Å². The number of quaternary nitrogens is 2. The van der Waals surface area contributed by atoms with Gasteiger partial charge in [0.05, 0.1) is 13.1 Å². The lowest BCUT2D eigenvalue weighted by molar-refractivity contribution is -0.668. The molecule has 0 unspecified atom stereocenters. The molecule has 0 aromatic rings. The van der Waals surface area contributed by atoms with Gasteiger partial charge in [-0.15, -0.1) is 0 Å². The highest BCUT2D eigenvalue weighted by atomic mass is 16.1. The molecule has 0 fully saturated rings. The van der Waals surface area contributed by atoms with Crippen molar-refractivity contribution in [2.75, 3.05) is 26.2 Å². The zero-order valence-corrected chi connectivity index (χ0v) is 12.2. The third-order valence-corrected chi connectivity index (χ3v) is 3.09. The van der Waals surface area contributed by atoms with Crippen LogP contribution < -0.4 is 16.4 Å². The van der Waals surface area contributed by atoms with Gasteiger partial charge in [-0.1, -0.05) is 45.4 Å². The largest absolute Gasteiger partial charge is 0.353 e. The summed E-state index contributed by atoms with van der Waals surface area (Å²) in [7, 11) is 0. The van der Waals surface area contributed by atoms with E-state index in [0.717, 1.165) is 32.6 Å². The van der Waals surface area contributed by atoms with Crippen LogP contribution in [-0.4, -0.2) is 32.1 Å². The molecule has 0 saturated carbocycles. The summed E-state index contributed by atoms with van der Waals surface area (Å²) in [6.07, 6.45) is 9.55. The fourth-order valence-corrected chi connectivity index (χ4v) is 1.93. The van der Waals surface area contributed by atoms with Crippen molar-refractivity contribution in [3.63, 3.8) is 0 Å². The van der Waals surface area contributed by atoms with Crippen molar-refractivity contribution in [2.24, 2.45) is 0 Å². The quantitative estimate of drug-likeness (QED) is 0.402. The fraction of sp³-hybridized carbons (Fsp3) is 0.929. The van der Waals surface area contributed by atoms with Crippen LogP contribution in [0.1, 0.15) is 58.3 Å². The predicted octanol–water partition coefficient (Wildman–Crippen LogP) is 0.0486. The van der Waals surface area contributed by atoms with Crippen molar-refractivity contribution >= 4 is 5.91 Å². The summed E-state index contributed by atoms with van der Waals surface area (Å²) in [5, 5.41) is 5.16. The fourth-order valence-electron chi connectivity index (χ4n) is 1.93. The molecule has 0 spiro atoms. The van der Waals surface area contributed by atoms with Gasteiger partial charge in [-0.3, -0.25) is 4.79 Å². The Bertz CT molecular complexity index is 186. The molecule has 0 rings (SSSR count). The van der Waals surface area contributed by atoms with E-state index in [1.165, 1.54) is 38.5 Å². The summed E-state index contributed by atoms with van der Waals surface area (Å²) in [5.41, 5.74) is 3.78. The van der Waals surface area contributed by atoms with Crippen LogP contribution in [0.5, 0.6) is 0 Å². The first-order chi connectivity index (χ1) is 8.81. The first-order valence-electron chi connectivity index (χ1n) is 7.68. The smallest absolute Gasteiger partial charge is 0.220 e. The van der Waals surface area contributed by atoms with Crippen LogP contribution in [0, 0.1) is 0 Å². The van der Waals surface area contributed by atoms with Crippen LogP contribution in [0.15, 0.2) is 0 Å². The van der Waals surface area contributed by atoms with Crippen LogP contribution in [0.25, 0.3) is 0 Å². The monoisotopic (exact) mass is 259 g/mol. The van der Waals surface area contributed by atoms with E-state index in [2.05, 4.69) is 23.3 Å². The standard InChI is InChI=1S/C14H31N3O/c1-2-3-4-5-6-7-8-9-14(18)17-13-12-16-11-10-15/h16H,2-13,15H2,1H3,(H,17,18)/p+2. The molecule has 0 heterocycles. The van der Waals surface area contributed by atoms with E-state index in [-0.39, 0.29) is 5.91 Å². The summed E-state index contributed by atoms with van der Waals surface area (Å²) < 4.78 is 0. The number of carbonyl (C=O) groups excluding carboxylic acids is 1. The van der Waals surface area contributed by atoms with E-state index in [1.54, 1.807) is 0 Å². The minimum atomic E-state index is 0.214. The van der Waals surface area contributed by atoms with Gasteiger partial charge in [0.1, 0.15) is 13.1 Å². The third kappa shape index (κ3) is 13.5. The number of hydrogen-bond acceptors (Lipinski definition) is 1. The lowest BCUT2D eigenvalue weighted by Crippen LogP contribution is -2.89. The normalized spacial score (nSPS) is 10.6. The van der Waals surface area contributed by atoms with E-state index >= 15 is 0 Å². The average molecular weight is 259 g/mol. The van der Waals surface area contributed by atoms with Crippen LogP contribution in [-0.2, 0) is 4.79 Å². The van der Waals surface area contributed by atoms with Crippen molar-refractivity contribution < 1.29 is 15.8 Å². The highest BCUT2D eigenvalue weighted by Crippen LogP contribution is 2.07. The highest BCUT2D eigenvalue weighted by Gasteiger charge is 2.00. The van der Waals surface area contributed by atoms with Gasteiger partial charge < -0.3 is 16.4 Å². The number of nitrogens with two attached hydrogens (primary N) is 1. The number of amides is 1. The molecule has 6 N–H and O–H groups in total. The van der Waals surface area contributed by atoms with E-state index in [1.807, 2.05) is 0 Å². The SMILES string of the molecule is CCCCCCCCCC(=O)NCC[NH2+]CC[NH3+]. The molecule has 0 aromatic carbocycles. The molecule has 0 atom stereocenters. The Hall–Kier alpha value is -0.610. The summed E-state index contributed by atoms with van der Waals surface area (Å²) in [6, 6.07) is 0. The summed E-state index contributed by atoms with van der Waals surface area (Å²) in [4.78, 5) is 11.5. The van der Waals surface area contributed by atoms with Crippen molar-refractivity contribution in [2.45, 2.75) is 58.3 Å². The molecule has 0 aromatic heterocycles. The molecule has 0 radical (unpaired) electrons. The Balaban J connectivity index is 3.12. The number of carbonyl (C=O) groups is 1. The molecular weight excluding hydrogens is 226 g/mol. The van der Waals surface area contributed by atoms with Crippen molar-refractivity contribution in [1.29, 1.82) is 0 Å². The number of hydrogen-bond donors (Lipinski definition) is 3. The van der Waals surface area contributed by atoms with Crippen molar-refractivity contribution in [1.82, 2.24) is 5.32 Å². The van der Waals surface area contributed by atoms with E-state index in [9.17, 15) is 4.79 Å². The maximum absolute atomic E-state index is 11.5. The molecule has 18 heavy (non-hydrogen) atoms. The first kappa shape index (κ1) is 17.4. The zero-order valence-electron chi connectivity index (χ0n) is 12.2. The van der Waals surface area contributed by atoms with Crippen LogP contribution in [0.4, 0.5) is 0 Å². The van der Waals surface area contributed by atoms with Gasteiger partial charge in [0.15, 0.2) is 0 Å². The van der Waals surface area contributed by atoms with Gasteiger partial charge in [-0.2, -0.15) is 0 Å². The number of rotatable bonds is 13. The van der Waals surface area contributed by atoms with Gasteiger partial charge in [0.25, 0.3) is 0 Å². The maximum atomic E-state index is 11.5. The van der Waals surface area contributed by atoms with Crippen molar-refractivity contribution in [3.05, 3.63) is 0 Å². The van der Waals surface area contributed by atoms with Crippen LogP contribution in [0.2, 0.25) is 0 Å². The second-order valence-corrected chi connectivity index (χ2v) is 4.94. The Morgan fingerprint density at radius 2 is 1.72 bits per heavy atom. The minimum absolute atomic E-state index is 0.214. The topological polar surface area (TPSA) is 73.3 Å². The van der Waals surface area contributed by atoms with Gasteiger partial charge in [-0.25, -0.2) is 0 Å². The van der Waals surface area contributed by atoms with E-state index < -0.39 is 0 Å². The molecule has 0 aliphatic rings. The van der Waals surface area contributed by atoms with Gasteiger partial charge in [0.2, 0.25) is 5.91 Å². The lowest BCUT2D eigenvalue weighted by Gasteiger charge is -2.04. The summed E-state index contributed by atoms with van der Waals surface area (Å²) >= 11 is 0. The Labute approximate surface area is 112 Å². The third-order valence-electron chi connectivity index (χ3n) is 3.09. The summed E-state index contributed by atoms with van der Waals surface area (Å²) in [6.45, 7) is 5.99. The molecule has 108 valence electrons. The lowest BCUT2D eigenvalue weighted by atomic mass is 10.1. The average Bonchev–Trinajstić information content (AvgIpc) is 2.37. The first-order valence-corrected chi connectivity index (χ1v) is 7.68. The second kappa shape index (κ2) is 14.5. The van der Waals surface area contributed by atoms with Gasteiger partial charge in [-0.05, 0) is 6.42 Å². The van der Waals surface area contributed by atoms with Gasteiger partial charge in [0, 0.05) is 6.42 Å². The number of nitrogens with one attached hydrogen (secondary N) is 1. The molecular formula is C14H33N3O+2. The number of unbranched alkanes of at least 4 members (excludes halogenated alkanes) is 6. The molecule has 1 amide bonds. The second-order valence-electron chi connectivity index (χ2n) is 4.94. The van der Waals surface area contributed by atoms with Gasteiger partial charge >= 0.3 is 0 Å². The maximum Gasteiger partial charge on any atom is 0.220 e. The van der Waals surface area contributed by atoms with Crippen molar-refractivity contribution in [3.8, 4) is 0 Å². The molecule has 4 nitrogen and oxygen atoms in total. The molecule has 0 aliphatic heterocycles. The summed E-state index contributed by atoms with van der Waals surface area (Å²) in [5.74, 6) is 0.214.